The molecule has 5 heteroatoms. The van der Waals surface area contributed by atoms with Crippen LogP contribution in [0.3, 0.4) is 0 Å². The first-order chi connectivity index (χ1) is 21.2. The van der Waals surface area contributed by atoms with Crippen molar-refractivity contribution >= 4 is 38.4 Å². The van der Waals surface area contributed by atoms with Gasteiger partial charge in [0.15, 0.2) is 5.78 Å². The molecule has 237 valence electrons. The Hall–Kier alpha value is -4.05. The van der Waals surface area contributed by atoms with Gasteiger partial charge in [-0.2, -0.15) is 0 Å². The van der Waals surface area contributed by atoms with Gasteiger partial charge in [0.25, 0.3) is 0 Å². The number of aromatic nitrogens is 2. The fourth-order valence-electron chi connectivity index (χ4n) is 6.29. The first-order valence-electron chi connectivity index (χ1n) is 15.6. The molecule has 1 aliphatic carbocycles. The van der Waals surface area contributed by atoms with E-state index in [1.54, 1.807) is 0 Å². The summed E-state index contributed by atoms with van der Waals surface area (Å²) < 4.78 is 2.38. The molecule has 0 fully saturated rings. The van der Waals surface area contributed by atoms with Crippen LogP contribution in [0, 0.1) is 16.9 Å². The number of benzene rings is 4. The van der Waals surface area contributed by atoms with Gasteiger partial charge in [0.2, 0.25) is 0 Å². The van der Waals surface area contributed by atoms with Crippen LogP contribution in [0.1, 0.15) is 66.5 Å². The van der Waals surface area contributed by atoms with Crippen molar-refractivity contribution < 1.29 is 30.0 Å². The van der Waals surface area contributed by atoms with Crippen LogP contribution in [0.2, 0.25) is 0 Å². The number of fused-ring (bicyclic) bond motifs is 4. The number of rotatable bonds is 2. The van der Waals surface area contributed by atoms with E-state index in [0.717, 1.165) is 11.3 Å². The Kier molecular flexibility index (Phi) is 8.66. The first-order valence-corrected chi connectivity index (χ1v) is 15.6. The summed E-state index contributed by atoms with van der Waals surface area (Å²) in [6, 6.07) is 33.8. The average molecular weight is 786 g/mol. The number of allylic oxidation sites excluding steroid dienone is 2. The molecule has 4 nitrogen and oxygen atoms in total. The Morgan fingerprint density at radius 2 is 1.48 bits per heavy atom. The maximum absolute atomic E-state index is 11.5. The van der Waals surface area contributed by atoms with E-state index in [0.29, 0.717) is 0 Å². The van der Waals surface area contributed by atoms with E-state index >= 15 is 0 Å². The quantitative estimate of drug-likeness (QED) is 0.108. The van der Waals surface area contributed by atoms with Gasteiger partial charge in [-0.15, -0.1) is 23.8 Å². The van der Waals surface area contributed by atoms with Crippen LogP contribution in [0.4, 0.5) is 0 Å². The monoisotopic (exact) mass is 786 g/mol. The van der Waals surface area contributed by atoms with Crippen LogP contribution in [-0.4, -0.2) is 20.4 Å². The third kappa shape index (κ3) is 5.61. The number of ketones is 1. The first kappa shape index (κ1) is 33.3. The minimum Gasteiger partial charge on any atom is -0.512 e. The summed E-state index contributed by atoms with van der Waals surface area (Å²) in [5.74, 6) is 0.104. The van der Waals surface area contributed by atoms with Crippen molar-refractivity contribution in [2.75, 3.05) is 0 Å². The van der Waals surface area contributed by atoms with Crippen LogP contribution < -0.4 is 0 Å². The average Bonchev–Trinajstić information content (AvgIpc) is 3.30. The molecular weight excluding hydrogens is 745 g/mol. The predicted molar refractivity (Wildman–Crippen MR) is 187 cm³/mol. The number of carbonyl (C=O) groups excluding carboxylic acids is 1. The van der Waals surface area contributed by atoms with Gasteiger partial charge in [-0.1, -0.05) is 115 Å². The SMILES string of the molecule is CC(C)(C)C(=O)/C=C(\O)C(C)(C)C.CC1(C)c2c(ncc3ccccc23)-c2[c-]ccc3c2c2c1cccc2n3-c1ccccc1.[Ir]. The molecule has 2 aromatic heterocycles. The Balaban J connectivity index is 0.000000256. The van der Waals surface area contributed by atoms with Gasteiger partial charge >= 0.3 is 0 Å². The van der Waals surface area contributed by atoms with Gasteiger partial charge < -0.3 is 14.7 Å². The summed E-state index contributed by atoms with van der Waals surface area (Å²) in [4.78, 5) is 16.5. The fourth-order valence-corrected chi connectivity index (χ4v) is 6.29. The van der Waals surface area contributed by atoms with Gasteiger partial charge in [0.05, 0.1) is 0 Å². The van der Waals surface area contributed by atoms with Gasteiger partial charge in [0, 0.05) is 59.8 Å². The number of pyridine rings is 1. The second-order valence-corrected chi connectivity index (χ2v) is 14.6. The van der Waals surface area contributed by atoms with Gasteiger partial charge in [-0.05, 0) is 56.7 Å². The molecule has 4 aromatic carbocycles. The second-order valence-electron chi connectivity index (χ2n) is 14.6. The summed E-state index contributed by atoms with van der Waals surface area (Å²) in [6.45, 7) is 15.8. The zero-order valence-electron chi connectivity index (χ0n) is 27.8. The number of carbonyl (C=O) groups is 1. The van der Waals surface area contributed by atoms with Gasteiger partial charge in [0.1, 0.15) is 5.76 Å². The van der Waals surface area contributed by atoms with E-state index in [2.05, 4.69) is 109 Å². The molecule has 1 radical (unpaired) electrons. The summed E-state index contributed by atoms with van der Waals surface area (Å²) in [5, 5.41) is 14.6. The standard InChI is InChI=1S/C30H21N2.C11H20O2.Ir/c1-30(2)23-15-9-17-25-27(23)26-22(29-28(30)21-13-7-6-10-19(21)18-31-29)14-8-16-24(26)32(25)20-11-4-3-5-12-20;1-10(2,3)8(12)7-9(13)11(4,5)6;/h3-13,15-18H,1-2H3;7,12H,1-6H3;/q-1;;/b;8-7-;. The smallest absolute Gasteiger partial charge is 0.164 e. The minimum atomic E-state index is -0.417. The molecule has 6 aromatic rings. The summed E-state index contributed by atoms with van der Waals surface area (Å²) in [6.07, 6.45) is 3.35. The van der Waals surface area contributed by atoms with Crippen molar-refractivity contribution in [2.24, 2.45) is 10.8 Å². The van der Waals surface area contributed by atoms with E-state index in [9.17, 15) is 9.90 Å². The molecule has 0 spiro atoms. The molecule has 0 aliphatic heterocycles. The largest absolute Gasteiger partial charge is 0.512 e. The topological polar surface area (TPSA) is 55.1 Å². The summed E-state index contributed by atoms with van der Waals surface area (Å²) >= 11 is 0. The minimum absolute atomic E-state index is 0. The molecule has 0 unspecified atom stereocenters. The number of hydrogen-bond donors (Lipinski definition) is 1. The van der Waals surface area contributed by atoms with Crippen LogP contribution in [0.25, 0.3) is 49.5 Å². The van der Waals surface area contributed by atoms with Gasteiger partial charge in [-0.25, -0.2) is 0 Å². The Morgan fingerprint density at radius 3 is 2.15 bits per heavy atom. The predicted octanol–water partition coefficient (Wildman–Crippen LogP) is 10.5. The fraction of sp³-hybridized carbons (Fsp3) is 0.268. The number of para-hydroxylation sites is 1. The Labute approximate surface area is 285 Å². The number of hydrogen-bond acceptors (Lipinski definition) is 3. The molecular formula is C41H41IrN2O2-. The van der Waals surface area contributed by atoms with Gasteiger partial charge in [-0.3, -0.25) is 4.79 Å². The molecule has 1 N–H and O–H groups in total. The van der Waals surface area contributed by atoms with E-state index < -0.39 is 5.41 Å². The molecule has 0 atom stereocenters. The van der Waals surface area contributed by atoms with Crippen molar-refractivity contribution in [2.45, 2.75) is 60.8 Å². The molecule has 1 aliphatic rings. The third-order valence-electron chi connectivity index (χ3n) is 8.87. The zero-order chi connectivity index (χ0) is 32.3. The number of aliphatic hydroxyl groups excluding tert-OH is 1. The zero-order valence-corrected chi connectivity index (χ0v) is 30.2. The molecule has 7 rings (SSSR count). The van der Waals surface area contributed by atoms with E-state index in [4.69, 9.17) is 4.98 Å². The number of nitrogens with zero attached hydrogens (tertiary/aromatic N) is 2. The van der Waals surface area contributed by atoms with Crippen molar-refractivity contribution in [1.82, 2.24) is 9.55 Å². The van der Waals surface area contributed by atoms with E-state index in [-0.39, 0.29) is 42.5 Å². The maximum Gasteiger partial charge on any atom is 0.164 e. The van der Waals surface area contributed by atoms with Crippen molar-refractivity contribution in [3.63, 3.8) is 0 Å². The molecule has 0 saturated carbocycles. The molecule has 0 amide bonds. The van der Waals surface area contributed by atoms with E-state index in [1.807, 2.05) is 47.7 Å². The molecule has 46 heavy (non-hydrogen) atoms. The van der Waals surface area contributed by atoms with Crippen molar-refractivity contribution in [3.05, 3.63) is 120 Å². The summed E-state index contributed by atoms with van der Waals surface area (Å²) in [7, 11) is 0. The Morgan fingerprint density at radius 1 is 0.826 bits per heavy atom. The number of aliphatic hydroxyl groups is 1. The second kappa shape index (κ2) is 12.0. The molecule has 2 heterocycles. The van der Waals surface area contributed by atoms with Crippen molar-refractivity contribution in [1.29, 1.82) is 0 Å². The molecule has 0 bridgehead atoms. The van der Waals surface area contributed by atoms with Crippen molar-refractivity contribution in [3.8, 4) is 16.9 Å². The molecule has 0 saturated heterocycles. The van der Waals surface area contributed by atoms with E-state index in [1.165, 1.54) is 55.5 Å². The van der Waals surface area contributed by atoms with Crippen LogP contribution >= 0.6 is 0 Å². The Bertz CT molecular complexity index is 2120. The maximum atomic E-state index is 11.5. The third-order valence-corrected chi connectivity index (χ3v) is 8.87. The normalized spacial score (nSPS) is 14.0. The van der Waals surface area contributed by atoms with Crippen LogP contribution in [-0.2, 0) is 30.3 Å². The summed E-state index contributed by atoms with van der Waals surface area (Å²) in [5.41, 5.74) is 7.39. The van der Waals surface area contributed by atoms with Crippen LogP contribution in [0.5, 0.6) is 0 Å². The van der Waals surface area contributed by atoms with Crippen LogP contribution in [0.15, 0.2) is 103 Å².